The number of aromatic nitrogens is 1. The number of anilines is 1. The van der Waals surface area contributed by atoms with Crippen LogP contribution in [0.4, 0.5) is 5.82 Å². The van der Waals surface area contributed by atoms with Gasteiger partial charge in [-0.05, 0) is 85.6 Å². The summed E-state index contributed by atoms with van der Waals surface area (Å²) >= 11 is 7.49. The molecule has 0 amide bonds. The molecule has 2 fully saturated rings. The maximum Gasteiger partial charge on any atom is 0.311 e. The van der Waals surface area contributed by atoms with E-state index >= 15 is 0 Å². The molecule has 1 saturated heterocycles. The summed E-state index contributed by atoms with van der Waals surface area (Å²) in [5.74, 6) is 2.84. The van der Waals surface area contributed by atoms with Gasteiger partial charge in [0.25, 0.3) is 0 Å². The Morgan fingerprint density at radius 1 is 0.971 bits per heavy atom. The molecular weight excluding hydrogens is 466 g/mol. The van der Waals surface area contributed by atoms with Crippen LogP contribution in [0.1, 0.15) is 38.5 Å². The summed E-state index contributed by atoms with van der Waals surface area (Å²) in [7, 11) is 0. The molecule has 5 rings (SSSR count). The van der Waals surface area contributed by atoms with Gasteiger partial charge in [-0.2, -0.15) is 4.37 Å². The number of carbonyl (C=O) groups excluding carboxylic acids is 1. The molecule has 0 bridgehead atoms. The molecule has 1 aliphatic carbocycles. The highest BCUT2D eigenvalue weighted by Gasteiger charge is 2.25. The number of hydrogen-bond donors (Lipinski definition) is 0. The van der Waals surface area contributed by atoms with Crippen LogP contribution in [-0.4, -0.2) is 48.0 Å². The topological polar surface area (TPSA) is 45.7 Å². The zero-order chi connectivity index (χ0) is 23.3. The van der Waals surface area contributed by atoms with Crippen molar-refractivity contribution in [3.05, 3.63) is 53.6 Å². The van der Waals surface area contributed by atoms with Crippen molar-refractivity contribution in [1.29, 1.82) is 0 Å². The van der Waals surface area contributed by atoms with Crippen LogP contribution in [0, 0.1) is 11.8 Å². The molecule has 2 aromatic carbocycles. The molecule has 0 atom stereocenters. The zero-order valence-electron chi connectivity index (χ0n) is 19.5. The Morgan fingerprint density at radius 2 is 1.68 bits per heavy atom. The molecule has 7 heteroatoms. The van der Waals surface area contributed by atoms with Gasteiger partial charge in [-0.15, -0.1) is 0 Å². The van der Waals surface area contributed by atoms with Crippen LogP contribution in [0.5, 0.6) is 5.75 Å². The van der Waals surface area contributed by atoms with Gasteiger partial charge in [0.15, 0.2) is 0 Å². The van der Waals surface area contributed by atoms with Gasteiger partial charge in [0.2, 0.25) is 0 Å². The fraction of sp³-hybridized carbons (Fsp3) is 0.481. The number of nitrogens with zero attached hydrogens (tertiary/aromatic N) is 3. The van der Waals surface area contributed by atoms with Crippen LogP contribution in [0.3, 0.4) is 0 Å². The lowest BCUT2D eigenvalue weighted by atomic mass is 9.79. The van der Waals surface area contributed by atoms with Crippen molar-refractivity contribution in [2.45, 2.75) is 38.5 Å². The minimum Gasteiger partial charge on any atom is -0.427 e. The number of piperazine rings is 1. The molecule has 3 aromatic rings. The number of fused-ring (bicyclic) bond motifs is 1. The van der Waals surface area contributed by atoms with Gasteiger partial charge in [0.05, 0.1) is 4.70 Å². The Bertz CT molecular complexity index is 1090. The lowest BCUT2D eigenvalue weighted by Crippen LogP contribution is -2.47. The van der Waals surface area contributed by atoms with Crippen molar-refractivity contribution in [3.8, 4) is 5.75 Å². The maximum absolute atomic E-state index is 12.3. The molecule has 0 N–H and O–H groups in total. The van der Waals surface area contributed by atoms with Crippen LogP contribution >= 0.6 is 23.1 Å². The zero-order valence-corrected chi connectivity index (χ0v) is 21.1. The summed E-state index contributed by atoms with van der Waals surface area (Å²) in [6, 6.07) is 15.5. The predicted molar refractivity (Wildman–Crippen MR) is 140 cm³/mol. The van der Waals surface area contributed by atoms with Crippen molar-refractivity contribution in [2.75, 3.05) is 37.6 Å². The molecule has 2 aliphatic rings. The number of ether oxygens (including phenoxy) is 1. The van der Waals surface area contributed by atoms with Crippen LogP contribution in [0.15, 0.2) is 48.5 Å². The smallest absolute Gasteiger partial charge is 0.311 e. The number of rotatable bonds is 7. The Morgan fingerprint density at radius 3 is 2.44 bits per heavy atom. The van der Waals surface area contributed by atoms with Crippen LogP contribution in [0.25, 0.3) is 10.1 Å². The highest BCUT2D eigenvalue weighted by atomic mass is 35.5. The van der Waals surface area contributed by atoms with E-state index in [-0.39, 0.29) is 5.97 Å². The van der Waals surface area contributed by atoms with Crippen molar-refractivity contribution < 1.29 is 9.53 Å². The molecule has 5 nitrogen and oxygen atoms in total. The minimum atomic E-state index is -0.128. The van der Waals surface area contributed by atoms with E-state index in [1.54, 1.807) is 35.8 Å². The predicted octanol–water partition coefficient (Wildman–Crippen LogP) is 6.26. The van der Waals surface area contributed by atoms with E-state index in [9.17, 15) is 4.79 Å². The summed E-state index contributed by atoms with van der Waals surface area (Å²) in [6.07, 6.45) is 6.49. The van der Waals surface area contributed by atoms with Gasteiger partial charge < -0.3 is 9.64 Å². The van der Waals surface area contributed by atoms with E-state index < -0.39 is 0 Å². The number of carbonyl (C=O) groups is 1. The summed E-state index contributed by atoms with van der Waals surface area (Å²) in [5, 5.41) is 1.93. The van der Waals surface area contributed by atoms with Crippen LogP contribution in [-0.2, 0) is 4.79 Å². The van der Waals surface area contributed by atoms with Crippen molar-refractivity contribution in [2.24, 2.45) is 11.8 Å². The molecule has 34 heavy (non-hydrogen) atoms. The van der Waals surface area contributed by atoms with Gasteiger partial charge in [-0.3, -0.25) is 9.69 Å². The first-order chi connectivity index (χ1) is 16.6. The number of benzene rings is 2. The largest absolute Gasteiger partial charge is 0.427 e. The SMILES string of the molecule is O=C(CC1CCC(CCN2CCN(c3nsc4ccccc34)CC2)CC1)Oc1ccc(Cl)cc1. The van der Waals surface area contributed by atoms with Gasteiger partial charge >= 0.3 is 5.97 Å². The molecular formula is C27H32ClN3O2S. The highest BCUT2D eigenvalue weighted by molar-refractivity contribution is 7.13. The lowest BCUT2D eigenvalue weighted by molar-refractivity contribution is -0.135. The van der Waals surface area contributed by atoms with Gasteiger partial charge in [-0.25, -0.2) is 0 Å². The molecule has 1 aliphatic heterocycles. The quantitative estimate of drug-likeness (QED) is 0.284. The van der Waals surface area contributed by atoms with Crippen LogP contribution in [0.2, 0.25) is 5.02 Å². The second-order valence-corrected chi connectivity index (χ2v) is 10.9. The second-order valence-electron chi connectivity index (χ2n) is 9.64. The molecule has 0 spiro atoms. The molecule has 0 radical (unpaired) electrons. The van der Waals surface area contributed by atoms with E-state index in [4.69, 9.17) is 20.7 Å². The van der Waals surface area contributed by atoms with Gasteiger partial charge in [-0.1, -0.05) is 36.6 Å². The third-order valence-electron chi connectivity index (χ3n) is 7.35. The Labute approximate surface area is 210 Å². The number of hydrogen-bond acceptors (Lipinski definition) is 6. The van der Waals surface area contributed by atoms with Crippen LogP contribution < -0.4 is 9.64 Å². The molecule has 2 heterocycles. The molecule has 1 aromatic heterocycles. The number of esters is 1. The van der Waals surface area contributed by atoms with Crippen molar-refractivity contribution in [1.82, 2.24) is 9.27 Å². The average Bonchev–Trinajstić information content (AvgIpc) is 3.30. The minimum absolute atomic E-state index is 0.128. The third kappa shape index (κ3) is 5.91. The first-order valence-corrected chi connectivity index (χ1v) is 13.6. The lowest BCUT2D eigenvalue weighted by Gasteiger charge is -2.36. The fourth-order valence-electron chi connectivity index (χ4n) is 5.28. The summed E-state index contributed by atoms with van der Waals surface area (Å²) in [6.45, 7) is 5.50. The van der Waals surface area contributed by atoms with E-state index in [0.29, 0.717) is 23.1 Å². The van der Waals surface area contributed by atoms with E-state index in [1.807, 2.05) is 0 Å². The van der Waals surface area contributed by atoms with Crippen molar-refractivity contribution >= 4 is 45.0 Å². The summed E-state index contributed by atoms with van der Waals surface area (Å²) in [5.41, 5.74) is 0. The second kappa shape index (κ2) is 11.1. The monoisotopic (exact) mass is 497 g/mol. The standard InChI is InChI=1S/C27H32ClN3O2S/c28-22-9-11-23(12-10-22)33-26(32)19-21-7-5-20(6-8-21)13-14-30-15-17-31(18-16-30)27-24-3-1-2-4-25(24)34-29-27/h1-4,9-12,20-21H,5-8,13-19H2. The molecule has 180 valence electrons. The normalized spacial score (nSPS) is 21.6. The Hall–Kier alpha value is -2.15. The number of halogens is 1. The summed E-state index contributed by atoms with van der Waals surface area (Å²) in [4.78, 5) is 17.4. The molecule has 1 saturated carbocycles. The van der Waals surface area contributed by atoms with Crippen molar-refractivity contribution in [3.63, 3.8) is 0 Å². The Kier molecular flexibility index (Phi) is 7.67. The fourth-order valence-corrected chi connectivity index (χ4v) is 6.21. The maximum atomic E-state index is 12.3. The van der Waals surface area contributed by atoms with E-state index in [2.05, 4.69) is 34.1 Å². The van der Waals surface area contributed by atoms with E-state index in [0.717, 1.165) is 50.8 Å². The first-order valence-electron chi connectivity index (χ1n) is 12.4. The Balaban J connectivity index is 1.000. The van der Waals surface area contributed by atoms with Gasteiger partial charge in [0.1, 0.15) is 11.6 Å². The third-order valence-corrected chi connectivity index (χ3v) is 8.42. The van der Waals surface area contributed by atoms with E-state index in [1.165, 1.54) is 35.9 Å². The average molecular weight is 498 g/mol. The highest BCUT2D eigenvalue weighted by Crippen LogP contribution is 2.34. The summed E-state index contributed by atoms with van der Waals surface area (Å²) < 4.78 is 11.5. The molecule has 0 unspecified atom stereocenters. The first kappa shape index (κ1) is 23.6. The van der Waals surface area contributed by atoms with Gasteiger partial charge in [0, 0.05) is 43.0 Å².